The quantitative estimate of drug-likeness (QED) is 0.784. The Morgan fingerprint density at radius 2 is 2.00 bits per heavy atom. The predicted octanol–water partition coefficient (Wildman–Crippen LogP) is 2.11. The van der Waals surface area contributed by atoms with E-state index in [1.165, 1.54) is 12.1 Å². The molecule has 0 fully saturated rings. The van der Waals surface area contributed by atoms with Crippen LogP contribution in [0.2, 0.25) is 0 Å². The van der Waals surface area contributed by atoms with Gasteiger partial charge in [0, 0.05) is 12.1 Å². The minimum absolute atomic E-state index is 0.142. The molecule has 78 valence electrons. The van der Waals surface area contributed by atoms with Crippen LogP contribution in [0.5, 0.6) is 0 Å². The minimum atomic E-state index is -0.864. The van der Waals surface area contributed by atoms with Crippen LogP contribution in [0.3, 0.4) is 0 Å². The minimum Gasteiger partial charge on any atom is -0.381 e. The van der Waals surface area contributed by atoms with Crippen molar-refractivity contribution in [1.82, 2.24) is 0 Å². The molecule has 0 aromatic heterocycles. The summed E-state index contributed by atoms with van der Waals surface area (Å²) in [7, 11) is 0. The molecule has 0 aliphatic rings. The molecule has 0 unspecified atom stereocenters. The van der Waals surface area contributed by atoms with E-state index in [9.17, 15) is 8.78 Å². The molecule has 0 amide bonds. The van der Waals surface area contributed by atoms with Gasteiger partial charge in [-0.2, -0.15) is 0 Å². The van der Waals surface area contributed by atoms with Crippen molar-refractivity contribution in [2.24, 2.45) is 5.73 Å². The fourth-order valence-corrected chi connectivity index (χ4v) is 0.963. The van der Waals surface area contributed by atoms with Crippen molar-refractivity contribution < 1.29 is 8.78 Å². The zero-order chi connectivity index (χ0) is 10.8. The van der Waals surface area contributed by atoms with Gasteiger partial charge >= 0.3 is 0 Å². The average Bonchev–Trinajstić information content (AvgIpc) is 2.06. The van der Waals surface area contributed by atoms with Gasteiger partial charge in [-0.3, -0.25) is 0 Å². The molecular weight excluding hydrogens is 186 g/mol. The fraction of sp³-hybridized carbons (Fsp3) is 0.400. The van der Waals surface area contributed by atoms with Gasteiger partial charge in [-0.1, -0.05) is 6.07 Å². The first kappa shape index (κ1) is 10.9. The van der Waals surface area contributed by atoms with Crippen LogP contribution in [0.1, 0.15) is 13.8 Å². The lowest BCUT2D eigenvalue weighted by molar-refractivity contribution is 0.506. The maximum Gasteiger partial charge on any atom is 0.181 e. The zero-order valence-electron chi connectivity index (χ0n) is 8.27. The van der Waals surface area contributed by atoms with Crippen LogP contribution in [-0.2, 0) is 0 Å². The Labute approximate surface area is 82.1 Å². The molecular formula is C10H14F2N2. The lowest BCUT2D eigenvalue weighted by atomic mass is 10.1. The van der Waals surface area contributed by atoms with Crippen molar-refractivity contribution in [1.29, 1.82) is 0 Å². The summed E-state index contributed by atoms with van der Waals surface area (Å²) in [6.45, 7) is 3.99. The molecule has 0 radical (unpaired) electrons. The standard InChI is InChI=1S/C10H14F2N2/c1-10(2,13)6-14-8-5-3-4-7(11)9(8)12/h3-5,14H,6,13H2,1-2H3. The lowest BCUT2D eigenvalue weighted by Gasteiger charge is -2.20. The molecule has 1 rings (SSSR count). The number of hydrogen-bond donors (Lipinski definition) is 2. The van der Waals surface area contributed by atoms with E-state index < -0.39 is 17.2 Å². The molecule has 0 heterocycles. The van der Waals surface area contributed by atoms with E-state index in [4.69, 9.17) is 5.73 Å². The van der Waals surface area contributed by atoms with Crippen molar-refractivity contribution in [2.75, 3.05) is 11.9 Å². The largest absolute Gasteiger partial charge is 0.381 e. The number of hydrogen-bond acceptors (Lipinski definition) is 2. The van der Waals surface area contributed by atoms with Crippen molar-refractivity contribution >= 4 is 5.69 Å². The summed E-state index contributed by atoms with van der Waals surface area (Å²) in [6.07, 6.45) is 0. The smallest absolute Gasteiger partial charge is 0.181 e. The van der Waals surface area contributed by atoms with E-state index in [1.807, 2.05) is 0 Å². The second-order valence-corrected chi connectivity index (χ2v) is 3.94. The highest BCUT2D eigenvalue weighted by Crippen LogP contribution is 2.16. The molecule has 14 heavy (non-hydrogen) atoms. The summed E-state index contributed by atoms with van der Waals surface area (Å²) in [5.74, 6) is -1.72. The first-order valence-electron chi connectivity index (χ1n) is 4.37. The maximum atomic E-state index is 13.1. The van der Waals surface area contributed by atoms with E-state index in [-0.39, 0.29) is 5.69 Å². The Balaban J connectivity index is 2.73. The Bertz CT molecular complexity index is 318. The number of benzene rings is 1. The van der Waals surface area contributed by atoms with Crippen LogP contribution >= 0.6 is 0 Å². The molecule has 0 saturated heterocycles. The highest BCUT2D eigenvalue weighted by atomic mass is 19.2. The molecule has 0 bridgehead atoms. The topological polar surface area (TPSA) is 38.0 Å². The number of nitrogens with two attached hydrogens (primary N) is 1. The second-order valence-electron chi connectivity index (χ2n) is 3.94. The van der Waals surface area contributed by atoms with Crippen LogP contribution in [0.4, 0.5) is 14.5 Å². The van der Waals surface area contributed by atoms with E-state index >= 15 is 0 Å². The van der Waals surface area contributed by atoms with Crippen molar-refractivity contribution in [3.63, 3.8) is 0 Å². The normalized spacial score (nSPS) is 11.5. The third-order valence-electron chi connectivity index (χ3n) is 1.69. The van der Waals surface area contributed by atoms with Gasteiger partial charge in [0.05, 0.1) is 5.69 Å². The lowest BCUT2D eigenvalue weighted by Crippen LogP contribution is -2.39. The molecule has 4 heteroatoms. The molecule has 3 N–H and O–H groups in total. The first-order valence-corrected chi connectivity index (χ1v) is 4.37. The summed E-state index contributed by atoms with van der Waals surface area (Å²) >= 11 is 0. The molecule has 0 atom stereocenters. The summed E-state index contributed by atoms with van der Waals surface area (Å²) in [6, 6.07) is 4.00. The number of halogens is 2. The van der Waals surface area contributed by atoms with E-state index in [1.54, 1.807) is 13.8 Å². The Morgan fingerprint density at radius 3 is 2.57 bits per heavy atom. The average molecular weight is 200 g/mol. The molecule has 0 saturated carbocycles. The first-order chi connectivity index (χ1) is 6.40. The third kappa shape index (κ3) is 2.96. The zero-order valence-corrected chi connectivity index (χ0v) is 8.27. The molecule has 1 aromatic carbocycles. The van der Waals surface area contributed by atoms with E-state index in [0.717, 1.165) is 6.07 Å². The summed E-state index contributed by atoms with van der Waals surface area (Å²) < 4.78 is 25.9. The van der Waals surface area contributed by atoms with Crippen LogP contribution in [0.15, 0.2) is 18.2 Å². The van der Waals surface area contributed by atoms with Crippen LogP contribution in [0, 0.1) is 11.6 Å². The Morgan fingerprint density at radius 1 is 1.36 bits per heavy atom. The van der Waals surface area contributed by atoms with Crippen molar-refractivity contribution in [3.8, 4) is 0 Å². The Hall–Kier alpha value is -1.16. The summed E-state index contributed by atoms with van der Waals surface area (Å²) in [5.41, 5.74) is 5.38. The van der Waals surface area contributed by atoms with Crippen LogP contribution in [-0.4, -0.2) is 12.1 Å². The number of nitrogens with one attached hydrogen (secondary N) is 1. The van der Waals surface area contributed by atoms with E-state index in [0.29, 0.717) is 6.54 Å². The maximum absolute atomic E-state index is 13.1. The van der Waals surface area contributed by atoms with Crippen molar-refractivity contribution in [2.45, 2.75) is 19.4 Å². The van der Waals surface area contributed by atoms with Crippen LogP contribution < -0.4 is 11.1 Å². The highest BCUT2D eigenvalue weighted by molar-refractivity contribution is 5.45. The Kier molecular flexibility index (Phi) is 3.06. The van der Waals surface area contributed by atoms with Gasteiger partial charge in [-0.15, -0.1) is 0 Å². The molecule has 0 aliphatic carbocycles. The third-order valence-corrected chi connectivity index (χ3v) is 1.69. The second kappa shape index (κ2) is 3.92. The van der Waals surface area contributed by atoms with Gasteiger partial charge in [0.25, 0.3) is 0 Å². The monoisotopic (exact) mass is 200 g/mol. The summed E-state index contributed by atoms with van der Waals surface area (Å²) in [4.78, 5) is 0. The van der Waals surface area contributed by atoms with E-state index in [2.05, 4.69) is 5.32 Å². The molecule has 1 aromatic rings. The number of rotatable bonds is 3. The predicted molar refractivity (Wildman–Crippen MR) is 53.1 cm³/mol. The van der Waals surface area contributed by atoms with Gasteiger partial charge in [-0.25, -0.2) is 8.78 Å². The summed E-state index contributed by atoms with van der Waals surface area (Å²) in [5, 5.41) is 2.75. The van der Waals surface area contributed by atoms with Gasteiger partial charge in [0.1, 0.15) is 0 Å². The highest BCUT2D eigenvalue weighted by Gasteiger charge is 2.12. The van der Waals surface area contributed by atoms with Crippen molar-refractivity contribution in [3.05, 3.63) is 29.8 Å². The van der Waals surface area contributed by atoms with Gasteiger partial charge in [0.2, 0.25) is 0 Å². The van der Waals surface area contributed by atoms with Gasteiger partial charge < -0.3 is 11.1 Å². The van der Waals surface area contributed by atoms with Gasteiger partial charge in [-0.05, 0) is 26.0 Å². The van der Waals surface area contributed by atoms with Gasteiger partial charge in [0.15, 0.2) is 11.6 Å². The molecule has 0 aliphatic heterocycles. The number of anilines is 1. The SMILES string of the molecule is CC(C)(N)CNc1cccc(F)c1F. The molecule has 0 spiro atoms. The van der Waals surface area contributed by atoms with Crippen LogP contribution in [0.25, 0.3) is 0 Å². The molecule has 2 nitrogen and oxygen atoms in total. The fourth-order valence-electron chi connectivity index (χ4n) is 0.963.